The van der Waals surface area contributed by atoms with Crippen LogP contribution in [0.1, 0.15) is 51.2 Å². The molecule has 0 aromatic heterocycles. The van der Waals surface area contributed by atoms with Crippen LogP contribution < -0.4 is 5.32 Å². The summed E-state index contributed by atoms with van der Waals surface area (Å²) in [6, 6.07) is 6.65. The lowest BCUT2D eigenvalue weighted by molar-refractivity contribution is -0.163. The Balaban J connectivity index is 1.60. The van der Waals surface area contributed by atoms with Gasteiger partial charge in [0, 0.05) is 26.6 Å². The molecule has 0 aliphatic carbocycles. The van der Waals surface area contributed by atoms with Gasteiger partial charge in [0.05, 0.1) is 37.3 Å². The highest BCUT2D eigenvalue weighted by Gasteiger charge is 2.72. The Morgan fingerprint density at radius 1 is 1.14 bits per heavy atom. The second-order valence-corrected chi connectivity index (χ2v) is 12.0. The number of rotatable bonds is 8. The molecule has 5 rings (SSSR count). The normalized spacial score (nSPS) is 33.7. The van der Waals surface area contributed by atoms with Crippen LogP contribution in [0.3, 0.4) is 0 Å². The van der Waals surface area contributed by atoms with Crippen LogP contribution in [0.4, 0.5) is 0 Å². The molecule has 11 heteroatoms. The number of hydrogen-bond acceptors (Lipinski definition) is 8. The molecule has 0 bridgehead atoms. The Hall–Kier alpha value is -3.54. The van der Waals surface area contributed by atoms with Crippen LogP contribution in [0, 0.1) is 11.8 Å². The van der Waals surface area contributed by atoms with E-state index in [1.165, 1.54) is 12.0 Å². The highest BCUT2D eigenvalue weighted by molar-refractivity contribution is 5.99. The van der Waals surface area contributed by atoms with Crippen molar-refractivity contribution < 1.29 is 38.5 Å². The fraction of sp³-hybridized carbons (Fsp3) is 0.576. The number of fused-ring (bicyclic) bond motifs is 2. The standard InChI is InChI=1S/C33H43N3O8/c1-4-5-17-35-18-11-16-33-27(30(39)36(21(2)19-37)29(33)31(35)40)26-24(44-33)14-9-10-15-25(38)34-23(20-42-3)28(43-32(26)41)22-12-7-6-8-13-22/h6-9,11-14,16,21,23-24,26-29,37H,4-5,10,15,17-20H2,1-3H3,(H,34,38)/b14-9-/t21-,23-,24-,26+,27+,28-,29-,33+/m1/s1. The van der Waals surface area contributed by atoms with Crippen molar-refractivity contribution in [2.75, 3.05) is 33.4 Å². The van der Waals surface area contributed by atoms with Gasteiger partial charge in [0.15, 0.2) is 0 Å². The van der Waals surface area contributed by atoms with Gasteiger partial charge in [0.25, 0.3) is 0 Å². The van der Waals surface area contributed by atoms with Crippen LogP contribution in [0.15, 0.2) is 54.6 Å². The number of unbranched alkanes of at least 4 members (excludes halogenated alkanes) is 1. The van der Waals surface area contributed by atoms with Gasteiger partial charge >= 0.3 is 5.97 Å². The van der Waals surface area contributed by atoms with Gasteiger partial charge in [-0.25, -0.2) is 0 Å². The van der Waals surface area contributed by atoms with E-state index in [1.54, 1.807) is 30.1 Å². The van der Waals surface area contributed by atoms with Gasteiger partial charge in [-0.05, 0) is 25.3 Å². The Morgan fingerprint density at radius 2 is 1.91 bits per heavy atom. The summed E-state index contributed by atoms with van der Waals surface area (Å²) in [4.78, 5) is 59.0. The minimum Gasteiger partial charge on any atom is -0.455 e. The molecular weight excluding hydrogens is 566 g/mol. The maximum atomic E-state index is 14.4. The number of methoxy groups -OCH3 is 1. The zero-order valence-electron chi connectivity index (χ0n) is 25.6. The van der Waals surface area contributed by atoms with Gasteiger partial charge < -0.3 is 34.4 Å². The number of allylic oxidation sites excluding steroid dienone is 1. The van der Waals surface area contributed by atoms with Crippen molar-refractivity contribution in [3.8, 4) is 0 Å². The van der Waals surface area contributed by atoms with Crippen LogP contribution in [-0.2, 0) is 33.4 Å². The van der Waals surface area contributed by atoms with Crippen molar-refractivity contribution in [3.05, 3.63) is 60.2 Å². The van der Waals surface area contributed by atoms with Crippen molar-refractivity contribution in [2.45, 2.75) is 75.5 Å². The molecule has 8 atom stereocenters. The molecule has 4 aliphatic rings. The summed E-state index contributed by atoms with van der Waals surface area (Å²) < 4.78 is 18.4. The quantitative estimate of drug-likeness (QED) is 0.337. The fourth-order valence-corrected chi connectivity index (χ4v) is 6.99. The molecule has 238 valence electrons. The van der Waals surface area contributed by atoms with Gasteiger partial charge in [-0.2, -0.15) is 0 Å². The number of hydrogen-bond donors (Lipinski definition) is 2. The summed E-state index contributed by atoms with van der Waals surface area (Å²) in [5, 5.41) is 13.1. The average Bonchev–Trinajstić information content (AvgIpc) is 3.42. The van der Waals surface area contributed by atoms with E-state index >= 15 is 0 Å². The maximum absolute atomic E-state index is 14.4. The second-order valence-electron chi connectivity index (χ2n) is 12.0. The molecule has 0 saturated carbocycles. The van der Waals surface area contributed by atoms with Crippen LogP contribution in [0.5, 0.6) is 0 Å². The molecule has 2 N–H and O–H groups in total. The van der Waals surface area contributed by atoms with E-state index in [-0.39, 0.29) is 31.4 Å². The van der Waals surface area contributed by atoms with Crippen LogP contribution in [-0.4, -0.2) is 102 Å². The van der Waals surface area contributed by atoms with Crippen molar-refractivity contribution in [3.63, 3.8) is 0 Å². The fourth-order valence-electron chi connectivity index (χ4n) is 6.99. The van der Waals surface area contributed by atoms with Crippen molar-refractivity contribution >= 4 is 23.7 Å². The van der Waals surface area contributed by atoms with Gasteiger partial charge in [-0.15, -0.1) is 0 Å². The summed E-state index contributed by atoms with van der Waals surface area (Å²) in [7, 11) is 1.51. The summed E-state index contributed by atoms with van der Waals surface area (Å²) in [6.07, 6.45) is 7.55. The Bertz CT molecular complexity index is 1280. The van der Waals surface area contributed by atoms with Gasteiger partial charge in [-0.3, -0.25) is 19.2 Å². The average molecular weight is 610 g/mol. The molecule has 1 aromatic rings. The monoisotopic (exact) mass is 609 g/mol. The smallest absolute Gasteiger partial charge is 0.313 e. The second kappa shape index (κ2) is 13.6. The first-order chi connectivity index (χ1) is 21.3. The maximum Gasteiger partial charge on any atom is 0.313 e. The number of esters is 1. The van der Waals surface area contributed by atoms with Crippen LogP contribution in [0.25, 0.3) is 0 Å². The molecule has 1 aromatic carbocycles. The van der Waals surface area contributed by atoms with E-state index in [0.29, 0.717) is 25.1 Å². The highest BCUT2D eigenvalue weighted by atomic mass is 16.6. The lowest BCUT2D eigenvalue weighted by atomic mass is 9.77. The van der Waals surface area contributed by atoms with Gasteiger partial charge in [0.2, 0.25) is 17.7 Å². The number of aliphatic hydroxyl groups excluding tert-OH is 1. The third kappa shape index (κ3) is 5.80. The number of benzene rings is 1. The molecule has 11 nitrogen and oxygen atoms in total. The minimum absolute atomic E-state index is 0.0833. The molecule has 3 amide bonds. The van der Waals surface area contributed by atoms with E-state index in [9.17, 15) is 24.3 Å². The Labute approximate surface area is 258 Å². The largest absolute Gasteiger partial charge is 0.455 e. The first-order valence-electron chi connectivity index (χ1n) is 15.5. The molecule has 2 saturated heterocycles. The topological polar surface area (TPSA) is 135 Å². The zero-order valence-corrected chi connectivity index (χ0v) is 25.6. The van der Waals surface area contributed by atoms with Crippen molar-refractivity contribution in [1.82, 2.24) is 15.1 Å². The van der Waals surface area contributed by atoms with E-state index in [2.05, 4.69) is 5.32 Å². The van der Waals surface area contributed by atoms with Crippen LogP contribution in [0.2, 0.25) is 0 Å². The molecule has 0 unspecified atom stereocenters. The lowest BCUT2D eigenvalue weighted by Gasteiger charge is -2.37. The molecule has 4 heterocycles. The number of likely N-dealkylation sites (tertiary alicyclic amines) is 1. The van der Waals surface area contributed by atoms with Crippen LogP contribution >= 0.6 is 0 Å². The number of amides is 3. The molecular formula is C33H43N3O8. The summed E-state index contributed by atoms with van der Waals surface area (Å²) in [5.41, 5.74) is -0.789. The number of carbonyl (C=O) groups is 4. The molecule has 4 aliphatic heterocycles. The number of aliphatic hydroxyl groups is 1. The molecule has 44 heavy (non-hydrogen) atoms. The highest BCUT2D eigenvalue weighted by Crippen LogP contribution is 2.53. The number of carbonyl (C=O) groups excluding carboxylic acids is 4. The third-order valence-corrected chi connectivity index (χ3v) is 9.10. The molecule has 0 radical (unpaired) electrons. The number of cyclic esters (lactones) is 1. The minimum atomic E-state index is -1.44. The van der Waals surface area contributed by atoms with Gasteiger partial charge in [-0.1, -0.05) is 68.0 Å². The number of ether oxygens (including phenoxy) is 3. The SMILES string of the molecule is CCCCN1CC=C[C@]23O[C@@H]4/C=C\CCC(=O)N[C@H](COC)[C@@H](c5ccccc5)OC(=O)[C@@H]4[C@H]2C(=O)N([C@H](C)CO)[C@@H]3C1=O. The van der Waals surface area contributed by atoms with E-state index in [1.807, 2.05) is 43.3 Å². The van der Waals surface area contributed by atoms with Gasteiger partial charge in [0.1, 0.15) is 23.7 Å². The predicted molar refractivity (Wildman–Crippen MR) is 160 cm³/mol. The third-order valence-electron chi connectivity index (χ3n) is 9.10. The first-order valence-corrected chi connectivity index (χ1v) is 15.5. The zero-order chi connectivity index (χ0) is 31.4. The summed E-state index contributed by atoms with van der Waals surface area (Å²) >= 11 is 0. The number of nitrogens with one attached hydrogen (secondary N) is 1. The van der Waals surface area contributed by atoms with Crippen molar-refractivity contribution in [2.24, 2.45) is 11.8 Å². The molecule has 1 spiro atoms. The van der Waals surface area contributed by atoms with E-state index < -0.39 is 59.6 Å². The van der Waals surface area contributed by atoms with E-state index in [4.69, 9.17) is 14.2 Å². The Morgan fingerprint density at radius 3 is 2.61 bits per heavy atom. The number of nitrogens with zero attached hydrogens (tertiary/aromatic N) is 2. The lowest BCUT2D eigenvalue weighted by Crippen LogP contribution is -2.57. The molecule has 2 fully saturated rings. The summed E-state index contributed by atoms with van der Waals surface area (Å²) in [5.74, 6) is -3.75. The van der Waals surface area contributed by atoms with E-state index in [0.717, 1.165) is 12.8 Å². The summed E-state index contributed by atoms with van der Waals surface area (Å²) in [6.45, 7) is 4.32. The first kappa shape index (κ1) is 31.9. The predicted octanol–water partition coefficient (Wildman–Crippen LogP) is 1.91. The Kier molecular flexibility index (Phi) is 9.87. The van der Waals surface area contributed by atoms with Crippen molar-refractivity contribution in [1.29, 1.82) is 0 Å².